The zero-order chi connectivity index (χ0) is 25.6. The standard InChI is InChI=1S/C30H28N4O3/c35-21-26(36)15-13-23-9-6-10-24(31-23)14-16-29(37)33-19-17-25(18-20-33)34-28-12-5-4-11-27(28)32-30(34)22-7-2-1-3-8-22/h1-16,25,35H,17-21H2/b15-13+,16-14+. The first-order valence-electron chi connectivity index (χ1n) is 12.4. The molecule has 0 radical (unpaired) electrons. The lowest BCUT2D eigenvalue weighted by Gasteiger charge is -2.33. The SMILES string of the molecule is O=C(/C=C/c1cccc(/C=C/C(=O)N2CCC(n3c(-c4ccccc4)nc4ccccc43)CC2)n1)CO. The molecule has 1 N–H and O–H groups in total. The molecule has 0 atom stereocenters. The van der Waals surface area contributed by atoms with Gasteiger partial charge in [-0.2, -0.15) is 0 Å². The van der Waals surface area contributed by atoms with Gasteiger partial charge in [0.05, 0.1) is 22.4 Å². The summed E-state index contributed by atoms with van der Waals surface area (Å²) in [6.07, 6.45) is 7.77. The smallest absolute Gasteiger partial charge is 0.246 e. The second kappa shape index (κ2) is 11.1. The van der Waals surface area contributed by atoms with Crippen LogP contribution in [0.4, 0.5) is 0 Å². The van der Waals surface area contributed by atoms with E-state index in [2.05, 4.69) is 27.8 Å². The van der Waals surface area contributed by atoms with Gasteiger partial charge in [0.25, 0.3) is 0 Å². The van der Waals surface area contributed by atoms with Crippen LogP contribution in [0.15, 0.2) is 84.9 Å². The predicted octanol–water partition coefficient (Wildman–Crippen LogP) is 4.55. The maximum atomic E-state index is 12.9. The van der Waals surface area contributed by atoms with Crippen molar-refractivity contribution in [3.63, 3.8) is 0 Å². The van der Waals surface area contributed by atoms with Crippen molar-refractivity contribution in [1.82, 2.24) is 19.4 Å². The monoisotopic (exact) mass is 492 g/mol. The number of nitrogens with zero attached hydrogens (tertiary/aromatic N) is 4. The van der Waals surface area contributed by atoms with Crippen molar-refractivity contribution in [2.45, 2.75) is 18.9 Å². The number of fused-ring (bicyclic) bond motifs is 1. The first kappa shape index (κ1) is 24.3. The molecule has 0 aliphatic carbocycles. The van der Waals surface area contributed by atoms with E-state index in [-0.39, 0.29) is 17.7 Å². The first-order chi connectivity index (χ1) is 18.1. The van der Waals surface area contributed by atoms with Gasteiger partial charge in [0.1, 0.15) is 12.4 Å². The molecule has 0 bridgehead atoms. The molecule has 1 saturated heterocycles. The molecule has 1 aliphatic rings. The van der Waals surface area contributed by atoms with Crippen LogP contribution in [0.5, 0.6) is 0 Å². The van der Waals surface area contributed by atoms with Crippen LogP contribution in [0.1, 0.15) is 30.3 Å². The van der Waals surface area contributed by atoms with Crippen LogP contribution in [0.2, 0.25) is 0 Å². The van der Waals surface area contributed by atoms with Gasteiger partial charge >= 0.3 is 0 Å². The normalized spacial score (nSPS) is 14.7. The maximum absolute atomic E-state index is 12.9. The molecule has 1 amide bonds. The van der Waals surface area contributed by atoms with E-state index in [1.54, 1.807) is 30.4 Å². The number of likely N-dealkylation sites (tertiary alicyclic amines) is 1. The number of imidazole rings is 1. The summed E-state index contributed by atoms with van der Waals surface area (Å²) in [6, 6.07) is 24.1. The van der Waals surface area contributed by atoms with E-state index in [4.69, 9.17) is 10.1 Å². The number of aromatic nitrogens is 3. The summed E-state index contributed by atoms with van der Waals surface area (Å²) in [5.41, 5.74) is 4.39. The van der Waals surface area contributed by atoms with Gasteiger partial charge in [-0.05, 0) is 55.3 Å². The largest absolute Gasteiger partial charge is 0.388 e. The van der Waals surface area contributed by atoms with E-state index in [0.29, 0.717) is 24.5 Å². The number of amides is 1. The minimum Gasteiger partial charge on any atom is -0.388 e. The number of para-hydroxylation sites is 2. The number of carbonyl (C=O) groups is 2. The van der Waals surface area contributed by atoms with Crippen molar-refractivity contribution in [3.05, 3.63) is 96.3 Å². The third kappa shape index (κ3) is 5.57. The molecule has 4 aromatic rings. The van der Waals surface area contributed by atoms with Gasteiger partial charge in [0.2, 0.25) is 5.91 Å². The van der Waals surface area contributed by atoms with Crippen molar-refractivity contribution >= 4 is 34.9 Å². The Morgan fingerprint density at radius 2 is 1.51 bits per heavy atom. The van der Waals surface area contributed by atoms with E-state index in [0.717, 1.165) is 35.3 Å². The number of benzene rings is 2. The molecule has 7 nitrogen and oxygen atoms in total. The van der Waals surface area contributed by atoms with Crippen molar-refractivity contribution in [1.29, 1.82) is 0 Å². The zero-order valence-corrected chi connectivity index (χ0v) is 20.4. The van der Waals surface area contributed by atoms with Crippen molar-refractivity contribution in [2.75, 3.05) is 19.7 Å². The number of hydrogen-bond acceptors (Lipinski definition) is 5. The Morgan fingerprint density at radius 3 is 2.24 bits per heavy atom. The zero-order valence-electron chi connectivity index (χ0n) is 20.4. The fourth-order valence-corrected chi connectivity index (χ4v) is 4.70. The topological polar surface area (TPSA) is 88.3 Å². The predicted molar refractivity (Wildman–Crippen MR) is 144 cm³/mol. The highest BCUT2D eigenvalue weighted by atomic mass is 16.3. The van der Waals surface area contributed by atoms with Gasteiger partial charge in [-0.25, -0.2) is 9.97 Å². The Kier molecular flexibility index (Phi) is 7.33. The lowest BCUT2D eigenvalue weighted by Crippen LogP contribution is -2.38. The van der Waals surface area contributed by atoms with Crippen molar-refractivity contribution < 1.29 is 14.7 Å². The van der Waals surface area contributed by atoms with Crippen molar-refractivity contribution in [2.24, 2.45) is 0 Å². The maximum Gasteiger partial charge on any atom is 0.246 e. The van der Waals surface area contributed by atoms with E-state index < -0.39 is 6.61 Å². The average Bonchev–Trinajstić information content (AvgIpc) is 3.35. The molecule has 0 spiro atoms. The summed E-state index contributed by atoms with van der Waals surface area (Å²) in [5, 5.41) is 8.84. The van der Waals surface area contributed by atoms with Gasteiger partial charge in [0, 0.05) is 30.8 Å². The van der Waals surface area contributed by atoms with Gasteiger partial charge < -0.3 is 14.6 Å². The minimum absolute atomic E-state index is 0.0459. The molecular formula is C30H28N4O3. The summed E-state index contributed by atoms with van der Waals surface area (Å²) in [6.45, 7) is 0.786. The summed E-state index contributed by atoms with van der Waals surface area (Å²) in [4.78, 5) is 35.4. The van der Waals surface area contributed by atoms with Gasteiger partial charge in [-0.1, -0.05) is 48.5 Å². The molecule has 7 heteroatoms. The number of hydrogen-bond donors (Lipinski definition) is 1. The Labute approximate surface area is 215 Å². The molecule has 2 aromatic heterocycles. The number of rotatable bonds is 7. The molecule has 3 heterocycles. The summed E-state index contributed by atoms with van der Waals surface area (Å²) < 4.78 is 2.34. The van der Waals surface area contributed by atoms with Gasteiger partial charge in [-0.3, -0.25) is 9.59 Å². The summed E-state index contributed by atoms with van der Waals surface area (Å²) in [7, 11) is 0. The number of piperidine rings is 1. The van der Waals surface area contributed by atoms with Crippen LogP contribution in [-0.4, -0.2) is 55.9 Å². The lowest BCUT2D eigenvalue weighted by atomic mass is 10.0. The number of carbonyl (C=O) groups excluding carboxylic acids is 2. The van der Waals surface area contributed by atoms with Crippen LogP contribution in [-0.2, 0) is 9.59 Å². The highest BCUT2D eigenvalue weighted by Gasteiger charge is 2.26. The van der Waals surface area contributed by atoms with Gasteiger partial charge in [-0.15, -0.1) is 0 Å². The van der Waals surface area contributed by atoms with Crippen LogP contribution >= 0.6 is 0 Å². The minimum atomic E-state index is -0.536. The molecule has 0 unspecified atom stereocenters. The molecule has 5 rings (SSSR count). The van der Waals surface area contributed by atoms with Crippen LogP contribution < -0.4 is 0 Å². The number of ketones is 1. The molecular weight excluding hydrogens is 464 g/mol. The Morgan fingerprint density at radius 1 is 0.838 bits per heavy atom. The molecule has 186 valence electrons. The number of aliphatic hydroxyl groups excluding tert-OH is 1. The summed E-state index contributed by atoms with van der Waals surface area (Å²) in [5.74, 6) is 0.531. The number of aliphatic hydroxyl groups is 1. The highest BCUT2D eigenvalue weighted by molar-refractivity contribution is 5.94. The van der Waals surface area contributed by atoms with Crippen molar-refractivity contribution in [3.8, 4) is 11.4 Å². The first-order valence-corrected chi connectivity index (χ1v) is 12.4. The fraction of sp³-hybridized carbons (Fsp3) is 0.200. The Bertz CT molecular complexity index is 1460. The van der Waals surface area contributed by atoms with E-state index >= 15 is 0 Å². The van der Waals surface area contributed by atoms with Gasteiger partial charge in [0.15, 0.2) is 5.78 Å². The third-order valence-corrected chi connectivity index (χ3v) is 6.55. The Balaban J connectivity index is 1.28. The second-order valence-electron chi connectivity index (χ2n) is 9.00. The van der Waals surface area contributed by atoms with E-state index in [1.807, 2.05) is 47.4 Å². The third-order valence-electron chi connectivity index (χ3n) is 6.55. The molecule has 1 aliphatic heterocycles. The quantitative estimate of drug-likeness (QED) is 0.383. The fourth-order valence-electron chi connectivity index (χ4n) is 4.70. The van der Waals surface area contributed by atoms with Crippen LogP contribution in [0.3, 0.4) is 0 Å². The Hall–Kier alpha value is -4.36. The van der Waals surface area contributed by atoms with E-state index in [1.165, 1.54) is 6.08 Å². The number of pyridine rings is 1. The average molecular weight is 493 g/mol. The van der Waals surface area contributed by atoms with Crippen LogP contribution in [0, 0.1) is 0 Å². The molecule has 0 saturated carbocycles. The second-order valence-corrected chi connectivity index (χ2v) is 9.00. The van der Waals surface area contributed by atoms with E-state index in [9.17, 15) is 9.59 Å². The molecule has 37 heavy (non-hydrogen) atoms. The highest BCUT2D eigenvalue weighted by Crippen LogP contribution is 2.33. The summed E-state index contributed by atoms with van der Waals surface area (Å²) >= 11 is 0. The lowest BCUT2D eigenvalue weighted by molar-refractivity contribution is -0.127. The molecule has 2 aromatic carbocycles. The molecule has 1 fully saturated rings. The van der Waals surface area contributed by atoms with Crippen LogP contribution in [0.25, 0.3) is 34.6 Å².